The molecule has 0 saturated carbocycles. The number of rotatable bonds is 4. The van der Waals surface area contributed by atoms with Gasteiger partial charge in [-0.2, -0.15) is 10.2 Å². The number of halogens is 1. The molecule has 0 spiro atoms. The highest BCUT2D eigenvalue weighted by Crippen LogP contribution is 2.32. The molecular formula is C21H25FN6O. The summed E-state index contributed by atoms with van der Waals surface area (Å²) in [5, 5.41) is 12.0. The Morgan fingerprint density at radius 2 is 2.07 bits per heavy atom. The molecular weight excluding hydrogens is 371 g/mol. The van der Waals surface area contributed by atoms with Gasteiger partial charge in [0.25, 0.3) is 0 Å². The monoisotopic (exact) mass is 396 g/mol. The number of carbonyl (C=O) groups excluding carboxylic acids is 1. The number of hydrogen-bond donors (Lipinski definition) is 1. The van der Waals surface area contributed by atoms with Gasteiger partial charge in [-0.1, -0.05) is 6.07 Å². The molecule has 3 aromatic rings. The molecule has 0 bridgehead atoms. The summed E-state index contributed by atoms with van der Waals surface area (Å²) in [5.74, 6) is 0.275. The summed E-state index contributed by atoms with van der Waals surface area (Å²) >= 11 is 0. The van der Waals surface area contributed by atoms with Crippen LogP contribution in [0.15, 0.2) is 30.6 Å². The number of carbonyl (C=O) groups is 1. The number of benzene rings is 1. The molecule has 29 heavy (non-hydrogen) atoms. The molecule has 8 heteroatoms. The zero-order chi connectivity index (χ0) is 20.7. The first kappa shape index (κ1) is 19.2. The maximum Gasteiger partial charge on any atom is 0.219 e. The van der Waals surface area contributed by atoms with Crippen LogP contribution in [-0.2, 0) is 24.8 Å². The van der Waals surface area contributed by atoms with E-state index in [0.717, 1.165) is 28.8 Å². The molecule has 1 aliphatic rings. The second-order valence-electron chi connectivity index (χ2n) is 7.73. The van der Waals surface area contributed by atoms with Crippen molar-refractivity contribution < 1.29 is 9.18 Å². The smallest absolute Gasteiger partial charge is 0.219 e. The van der Waals surface area contributed by atoms with Gasteiger partial charge < -0.3 is 10.2 Å². The predicted molar refractivity (Wildman–Crippen MR) is 109 cm³/mol. The molecule has 4 rings (SSSR count). The number of nitrogens with zero attached hydrogens (tertiary/aromatic N) is 5. The highest BCUT2D eigenvalue weighted by molar-refractivity contribution is 5.74. The number of aromatic nitrogens is 4. The van der Waals surface area contributed by atoms with Gasteiger partial charge in [-0.25, -0.2) is 4.39 Å². The van der Waals surface area contributed by atoms with Gasteiger partial charge in [0.15, 0.2) is 5.82 Å². The summed E-state index contributed by atoms with van der Waals surface area (Å²) in [6.07, 6.45) is 4.29. The molecule has 0 unspecified atom stereocenters. The van der Waals surface area contributed by atoms with Crippen LogP contribution in [0.2, 0.25) is 0 Å². The lowest BCUT2D eigenvalue weighted by atomic mass is 10.1. The molecule has 7 nitrogen and oxygen atoms in total. The average Bonchev–Trinajstić information content (AvgIpc) is 3.27. The average molecular weight is 396 g/mol. The first-order valence-corrected chi connectivity index (χ1v) is 9.75. The Labute approximate surface area is 169 Å². The van der Waals surface area contributed by atoms with Crippen LogP contribution < -0.4 is 5.32 Å². The molecule has 152 valence electrons. The summed E-state index contributed by atoms with van der Waals surface area (Å²) in [5.41, 5.74) is 4.03. The number of amides is 1. The van der Waals surface area contributed by atoms with E-state index in [1.165, 1.54) is 6.07 Å². The summed E-state index contributed by atoms with van der Waals surface area (Å²) in [6.45, 7) is 6.86. The highest BCUT2D eigenvalue weighted by atomic mass is 19.1. The van der Waals surface area contributed by atoms with Crippen molar-refractivity contribution in [3.63, 3.8) is 0 Å². The minimum Gasteiger partial charge on any atom is -0.338 e. The SMILES string of the molecule is CC(=O)N1CCc2c(c(Nc3ccc(-c4cnn(C)c4)cc3F)nn2C(C)C)C1. The maximum absolute atomic E-state index is 14.8. The number of hydrogen-bond acceptors (Lipinski definition) is 4. The quantitative estimate of drug-likeness (QED) is 0.731. The van der Waals surface area contributed by atoms with E-state index in [-0.39, 0.29) is 17.8 Å². The molecule has 1 N–H and O–H groups in total. The summed E-state index contributed by atoms with van der Waals surface area (Å²) < 4.78 is 18.5. The van der Waals surface area contributed by atoms with Crippen LogP contribution >= 0.6 is 0 Å². The number of nitrogens with one attached hydrogen (secondary N) is 1. The third-order valence-electron chi connectivity index (χ3n) is 5.28. The molecule has 0 radical (unpaired) electrons. The third-order valence-corrected chi connectivity index (χ3v) is 5.28. The lowest BCUT2D eigenvalue weighted by Gasteiger charge is -2.27. The Hall–Kier alpha value is -3.16. The first-order valence-electron chi connectivity index (χ1n) is 9.75. The maximum atomic E-state index is 14.8. The second kappa shape index (κ2) is 7.35. The Balaban J connectivity index is 1.67. The second-order valence-corrected chi connectivity index (χ2v) is 7.73. The molecule has 0 fully saturated rings. The molecule has 0 saturated heterocycles. The van der Waals surface area contributed by atoms with E-state index in [1.807, 2.05) is 24.0 Å². The third kappa shape index (κ3) is 3.62. The fraction of sp³-hybridized carbons (Fsp3) is 0.381. The van der Waals surface area contributed by atoms with E-state index in [9.17, 15) is 9.18 Å². The minimum absolute atomic E-state index is 0.0332. The van der Waals surface area contributed by atoms with Gasteiger partial charge in [-0.3, -0.25) is 14.2 Å². The highest BCUT2D eigenvalue weighted by Gasteiger charge is 2.27. The van der Waals surface area contributed by atoms with E-state index in [4.69, 9.17) is 5.10 Å². The van der Waals surface area contributed by atoms with Crippen molar-refractivity contribution in [1.29, 1.82) is 0 Å². The van der Waals surface area contributed by atoms with Crippen LogP contribution in [0.1, 0.15) is 38.1 Å². The summed E-state index contributed by atoms with van der Waals surface area (Å²) in [6, 6.07) is 5.24. The van der Waals surface area contributed by atoms with Gasteiger partial charge in [0.05, 0.1) is 18.4 Å². The predicted octanol–water partition coefficient (Wildman–Crippen LogP) is 3.65. The lowest BCUT2D eigenvalue weighted by molar-refractivity contribution is -0.129. The van der Waals surface area contributed by atoms with Crippen LogP contribution in [0, 0.1) is 5.82 Å². The van der Waals surface area contributed by atoms with Gasteiger partial charge >= 0.3 is 0 Å². The topological polar surface area (TPSA) is 68.0 Å². The van der Waals surface area contributed by atoms with Gasteiger partial charge in [-0.15, -0.1) is 0 Å². The molecule has 1 aliphatic heterocycles. The van der Waals surface area contributed by atoms with Gasteiger partial charge in [0.1, 0.15) is 5.82 Å². The first-order chi connectivity index (χ1) is 13.8. The van der Waals surface area contributed by atoms with Gasteiger partial charge in [0.2, 0.25) is 5.91 Å². The molecule has 3 heterocycles. The van der Waals surface area contributed by atoms with E-state index >= 15 is 0 Å². The van der Waals surface area contributed by atoms with Gasteiger partial charge in [-0.05, 0) is 31.5 Å². The largest absolute Gasteiger partial charge is 0.338 e. The Bertz CT molecular complexity index is 1070. The Morgan fingerprint density at radius 3 is 2.69 bits per heavy atom. The van der Waals surface area contributed by atoms with Crippen molar-refractivity contribution in [3.05, 3.63) is 47.7 Å². The number of aryl methyl sites for hydroxylation is 1. The van der Waals surface area contributed by atoms with Gasteiger partial charge in [0, 0.05) is 56.0 Å². The zero-order valence-electron chi connectivity index (χ0n) is 17.1. The standard InChI is InChI=1S/C21H25FN6O/c1-13(2)28-20-7-8-27(14(3)29)12-17(20)21(25-28)24-19-6-5-15(9-18(19)22)16-10-23-26(4)11-16/h5-6,9-11,13H,7-8,12H2,1-4H3,(H,24,25). The summed E-state index contributed by atoms with van der Waals surface area (Å²) in [4.78, 5) is 13.7. The van der Waals surface area contributed by atoms with Crippen molar-refractivity contribution in [2.45, 2.75) is 39.8 Å². The lowest BCUT2D eigenvalue weighted by Crippen LogP contribution is -2.34. The van der Waals surface area contributed by atoms with Crippen LogP contribution in [0.4, 0.5) is 15.9 Å². The van der Waals surface area contributed by atoms with Crippen LogP contribution in [0.5, 0.6) is 0 Å². The molecule has 1 aromatic carbocycles. The van der Waals surface area contributed by atoms with Crippen molar-refractivity contribution in [2.75, 3.05) is 11.9 Å². The van der Waals surface area contributed by atoms with Crippen molar-refractivity contribution in [3.8, 4) is 11.1 Å². The molecule has 0 aliphatic carbocycles. The van der Waals surface area contributed by atoms with E-state index in [0.29, 0.717) is 24.6 Å². The van der Waals surface area contributed by atoms with E-state index in [2.05, 4.69) is 24.3 Å². The molecule has 1 amide bonds. The van der Waals surface area contributed by atoms with E-state index < -0.39 is 0 Å². The fourth-order valence-corrected chi connectivity index (χ4v) is 3.74. The van der Waals surface area contributed by atoms with Crippen molar-refractivity contribution in [2.24, 2.45) is 7.05 Å². The minimum atomic E-state index is -0.363. The normalized spacial score (nSPS) is 13.7. The van der Waals surface area contributed by atoms with Crippen LogP contribution in [-0.4, -0.2) is 36.9 Å². The Kier molecular flexibility index (Phi) is 4.86. The Morgan fingerprint density at radius 1 is 1.28 bits per heavy atom. The summed E-state index contributed by atoms with van der Waals surface area (Å²) in [7, 11) is 1.83. The fourth-order valence-electron chi connectivity index (χ4n) is 3.74. The van der Waals surface area contributed by atoms with Crippen LogP contribution in [0.3, 0.4) is 0 Å². The van der Waals surface area contributed by atoms with Crippen molar-refractivity contribution >= 4 is 17.4 Å². The number of anilines is 2. The van der Waals surface area contributed by atoms with Crippen LogP contribution in [0.25, 0.3) is 11.1 Å². The molecule has 0 atom stereocenters. The van der Waals surface area contributed by atoms with Crippen molar-refractivity contribution in [1.82, 2.24) is 24.5 Å². The molecule has 2 aromatic heterocycles. The van der Waals surface area contributed by atoms with E-state index in [1.54, 1.807) is 28.8 Å². The zero-order valence-corrected chi connectivity index (χ0v) is 17.1. The number of fused-ring (bicyclic) bond motifs is 1.